The van der Waals surface area contributed by atoms with Gasteiger partial charge in [0, 0.05) is 48.3 Å². The summed E-state index contributed by atoms with van der Waals surface area (Å²) in [6.45, 7) is -4.12. The summed E-state index contributed by atoms with van der Waals surface area (Å²) in [6.07, 6.45) is -17.1. The molecule has 0 amide bonds. The van der Waals surface area contributed by atoms with Crippen LogP contribution in [0.15, 0.2) is 0 Å². The van der Waals surface area contributed by atoms with Crippen molar-refractivity contribution in [3.63, 3.8) is 0 Å². The Morgan fingerprint density at radius 3 is 1.15 bits per heavy atom. The Hall–Kier alpha value is -2.68. The largest absolute Gasteiger partial charge is 0.735 e. The van der Waals surface area contributed by atoms with Crippen LogP contribution in [-0.4, -0.2) is 341 Å². The molecule has 10 unspecified atom stereocenters. The lowest BCUT2D eigenvalue weighted by Crippen LogP contribution is -2.60. The highest BCUT2D eigenvalue weighted by molar-refractivity contribution is 7.84. The summed E-state index contributed by atoms with van der Waals surface area (Å²) in [5, 5.41) is 74.0. The van der Waals surface area contributed by atoms with Gasteiger partial charge >= 0.3 is 0 Å². The lowest BCUT2D eigenvalue weighted by molar-refractivity contribution is -0.322. The van der Waals surface area contributed by atoms with Crippen LogP contribution in [0.25, 0.3) is 0 Å². The molecule has 0 aromatic heterocycles. The molecule has 5 aliphatic heterocycles. The Morgan fingerprint density at radius 1 is 0.430 bits per heavy atom. The molecule has 5 fully saturated rings. The molecule has 0 bridgehead atoms. The van der Waals surface area contributed by atoms with Crippen molar-refractivity contribution in [1.29, 1.82) is 0 Å². The third kappa shape index (κ3) is 47.8. The van der Waals surface area contributed by atoms with Crippen molar-refractivity contribution in [2.75, 3.05) is 67.1 Å². The first-order valence-corrected chi connectivity index (χ1v) is 33.8. The first-order valence-electron chi connectivity index (χ1n) is 22.9. The lowest BCUT2D eigenvalue weighted by atomic mass is 9.99. The van der Waals surface area contributed by atoms with Crippen LogP contribution < -0.4 is 24.4 Å². The minimum Gasteiger partial charge on any atom is -0.735 e. The zero-order valence-corrected chi connectivity index (χ0v) is 53.2. The Bertz CT molecular complexity index is 3090. The fourth-order valence-corrected chi connectivity index (χ4v) is 10.6. The van der Waals surface area contributed by atoms with Crippen LogP contribution in [0.2, 0.25) is 0 Å². The average Bonchev–Trinajstić information content (AvgIpc) is 0.888. The topological polar surface area (TPSA) is 923 Å². The Kier molecular flexibility index (Phi) is 48.4. The van der Waals surface area contributed by atoms with E-state index in [1.165, 1.54) is 4.72 Å². The van der Waals surface area contributed by atoms with E-state index >= 15 is 0 Å². The number of carbonyl (C=O) groups is 2. The van der Waals surface area contributed by atoms with E-state index in [0.29, 0.717) is 0 Å². The number of aliphatic hydroxyl groups is 6. The summed E-state index contributed by atoms with van der Waals surface area (Å²) in [5.41, 5.74) is 0. The Morgan fingerprint density at radius 2 is 0.785 bits per heavy atom. The molecule has 17 N–H and O–H groups in total. The first-order chi connectivity index (χ1) is 39.8. The van der Waals surface area contributed by atoms with Crippen LogP contribution in [0, 0.1) is 0 Å². The normalized spacial score (nSPS) is 29.2. The van der Waals surface area contributed by atoms with E-state index in [4.69, 9.17) is 34.3 Å². The summed E-state index contributed by atoms with van der Waals surface area (Å²) in [5.74, 6) is -2.87. The van der Waals surface area contributed by atoms with Crippen LogP contribution in [-0.2, 0) is 142 Å². The molecule has 3 radical (unpaired) electrons. The van der Waals surface area contributed by atoms with Gasteiger partial charge in [0.05, 0.1) is 132 Å². The molecule has 0 aromatic carbocycles. The molecule has 61 heteroatoms. The Labute approximate surface area is 530 Å². The van der Waals surface area contributed by atoms with Crippen LogP contribution >= 0.6 is 0 Å². The smallest absolute Gasteiger partial charge is 0.218 e. The average molecular weight is 1540 g/mol. The number of carboxylic acids is 2. The zero-order chi connectivity index (χ0) is 68.8. The summed E-state index contributed by atoms with van der Waals surface area (Å²) in [4.78, 5) is 20.5. The molecule has 0 aliphatic carbocycles. The maximum Gasteiger partial charge on any atom is 0.218 e. The number of hydrogen-bond acceptors (Lipinski definition) is 45. The third-order valence-electron chi connectivity index (χ3n) is 10.6. The van der Waals surface area contributed by atoms with E-state index in [-0.39, 0.29) is 62.8 Å². The van der Waals surface area contributed by atoms with E-state index in [2.05, 4.69) is 30.4 Å². The number of aliphatic carboxylic acids is 2. The highest BCUT2D eigenvalue weighted by atomic mass is 32.3. The van der Waals surface area contributed by atoms with Crippen molar-refractivity contribution in [2.24, 2.45) is 0 Å². The molecule has 93 heavy (non-hydrogen) atoms. The number of hydrogen-bond donors (Lipinski definition) is 9. The van der Waals surface area contributed by atoms with E-state index in [1.807, 2.05) is 0 Å². The van der Waals surface area contributed by atoms with E-state index in [9.17, 15) is 139 Å². The molecule has 5 rings (SSSR count). The van der Waals surface area contributed by atoms with Crippen molar-refractivity contribution in [1.82, 2.24) is 14.2 Å². The monoisotopic (exact) mass is 1540 g/mol. The van der Waals surface area contributed by atoms with Gasteiger partial charge in [0.25, 0.3) is 0 Å². The lowest BCUT2D eigenvalue weighted by Gasteiger charge is -2.39. The van der Waals surface area contributed by atoms with Crippen molar-refractivity contribution in [3.8, 4) is 0 Å². The predicted molar refractivity (Wildman–Crippen MR) is 272 cm³/mol. The Balaban J connectivity index is -0.000000253. The molecule has 0 spiro atoms. The SMILES string of the molecule is CO.CO[C@@H]1C(COS(=O)(=O)[O-])OCC(NS(=O)(=O)[O-])[C@@H]1O.O.O.O.O.O=C([O-])C1C[C@@H](O)C(O)CO1.O=C([O-])C1C[C@@H](O)C(OS(=O)(=O)[O-])CO1.O=S(=O)([O-])NC1COC(COS(=O)(=O)[O-])C[C@H]1O.O=S(=O)([O-])NC1COC(COS(=O)(=O)[O-])C[C@H]1OS(=O)(=O)[O-].[B]. The molecular weight excluding hydrogens is 1480 g/mol. The van der Waals surface area contributed by atoms with E-state index < -0.39 is 238 Å². The zero-order valence-electron chi connectivity index (χ0n) is 46.7. The van der Waals surface area contributed by atoms with Gasteiger partial charge in [-0.3, -0.25) is 20.9 Å². The van der Waals surface area contributed by atoms with Crippen LogP contribution in [0.3, 0.4) is 0 Å². The molecule has 561 valence electrons. The summed E-state index contributed by atoms with van der Waals surface area (Å²) < 4.78 is 303. The van der Waals surface area contributed by atoms with Gasteiger partial charge in [-0.1, -0.05) is 0 Å². The molecule has 52 nitrogen and oxygen atoms in total. The number of rotatable bonds is 22. The quantitative estimate of drug-likeness (QED) is 0.0276. The van der Waals surface area contributed by atoms with Gasteiger partial charge in [-0.05, 0) is 0 Å². The number of aliphatic hydroxyl groups excluding tert-OH is 6. The van der Waals surface area contributed by atoms with Crippen molar-refractivity contribution in [2.45, 2.75) is 123 Å². The maximum absolute atomic E-state index is 10.6. The van der Waals surface area contributed by atoms with Gasteiger partial charge in [-0.15, -0.1) is 0 Å². The van der Waals surface area contributed by atoms with Gasteiger partial charge in [0.1, 0.15) is 30.5 Å². The highest BCUT2D eigenvalue weighted by Crippen LogP contribution is 2.23. The number of carboxylic acid groups (broad SMARTS) is 2. The third-order valence-corrected chi connectivity index (χ3v) is 14.6. The maximum atomic E-state index is 10.6. The summed E-state index contributed by atoms with van der Waals surface area (Å²) in [7, 11) is -37.4. The molecule has 0 saturated carbocycles. The van der Waals surface area contributed by atoms with Gasteiger partial charge in [-0.2, -0.15) is 0 Å². The van der Waals surface area contributed by atoms with Gasteiger partial charge in [0.2, 0.25) is 52.0 Å². The second-order valence-corrected chi connectivity index (χ2v) is 25.8. The number of ether oxygens (including phenoxy) is 6. The van der Waals surface area contributed by atoms with Crippen molar-refractivity contribution < 1.29 is 225 Å². The number of nitrogens with one attached hydrogen (secondary N) is 3. The minimum absolute atomic E-state index is 0. The molecule has 5 saturated heterocycles. The molecular formula is C32H63BN3O49S8-10. The first kappa shape index (κ1) is 101. The van der Waals surface area contributed by atoms with Gasteiger partial charge in [0.15, 0.2) is 30.9 Å². The van der Waals surface area contributed by atoms with Crippen LogP contribution in [0.4, 0.5) is 0 Å². The molecule has 5 aliphatic rings. The van der Waals surface area contributed by atoms with Gasteiger partial charge < -0.3 is 137 Å². The van der Waals surface area contributed by atoms with Crippen LogP contribution in [0.5, 0.6) is 0 Å². The number of carbonyl (C=O) groups excluding carboxylic acids is 2. The fourth-order valence-electron chi connectivity index (χ4n) is 6.94. The highest BCUT2D eigenvalue weighted by Gasteiger charge is 2.41. The van der Waals surface area contributed by atoms with Crippen molar-refractivity contribution in [3.05, 3.63) is 0 Å². The molecule has 16 atom stereocenters. The minimum atomic E-state index is -5.24. The van der Waals surface area contributed by atoms with E-state index in [1.54, 1.807) is 9.44 Å². The standard InChI is InChI=1S/C7H15NO10S2.C6H13NO12S3.C6H13NO9S2.C6H10O8S.C6H10O5.CH4O.B.4H2O/c1-16-7-5(3-18-20(13,14)15)17-2-4(6(7)9)8-19(10,11)12;8-20(9,10)7-5-3-17-4(2-18-21(11,12)13)1-6(5)19-22(14,15)16;8-6-1-4(2-16-18(12,13)14)15-3-5(6)7-17(9,10)11;7-3-1-4(6(8)9)13-2-5(3)14-15(10,11)12;7-3-1-5(6(9)10)11-2-4(3)8;1-2;;;;;/h4-9H,2-3H2,1H3,(H,10,11,12)(H,13,14,15);4-7H,1-3H2,(H,8,9,10)(H,11,12,13)(H,14,15,16);4-8H,1-3H2,(H,9,10,11)(H,12,13,14);3-5,7H,1-2H2,(H,8,9)(H,10,11,12);3-5,7-8H,1-2H2,(H,9,10);2H,1H3;;4*1H2/p-10/t4?,5?,6-,7+;2*4?,5?,6-;2*3-,4?,5?;;;;;;/m01111....../s1. The summed E-state index contributed by atoms with van der Waals surface area (Å²) >= 11 is 0. The van der Waals surface area contributed by atoms with Crippen molar-refractivity contribution >= 4 is 103 Å². The number of methoxy groups -OCH3 is 1. The van der Waals surface area contributed by atoms with E-state index in [0.717, 1.165) is 14.2 Å². The molecule has 5 heterocycles. The second kappa shape index (κ2) is 44.4. The van der Waals surface area contributed by atoms with Gasteiger partial charge in [-0.25, -0.2) is 81.5 Å². The van der Waals surface area contributed by atoms with Crippen LogP contribution in [0.1, 0.15) is 25.7 Å². The second-order valence-electron chi connectivity index (χ2n) is 17.2. The molecule has 0 aromatic rings. The predicted octanol–water partition coefficient (Wildman–Crippen LogP) is -19.9. The summed E-state index contributed by atoms with van der Waals surface area (Å²) in [6, 6.07) is -3.87. The fraction of sp³-hybridized carbons (Fsp3) is 0.938.